The largest absolute Gasteiger partial charge is 0.480 e. The van der Waals surface area contributed by atoms with Gasteiger partial charge in [0.2, 0.25) is 5.88 Å². The summed E-state index contributed by atoms with van der Waals surface area (Å²) in [6.07, 6.45) is 2.90. The van der Waals surface area contributed by atoms with Gasteiger partial charge in [0.05, 0.1) is 19.3 Å². The normalized spacial score (nSPS) is 12.7. The van der Waals surface area contributed by atoms with Gasteiger partial charge >= 0.3 is 0 Å². The summed E-state index contributed by atoms with van der Waals surface area (Å²) in [4.78, 5) is 36.9. The van der Waals surface area contributed by atoms with Gasteiger partial charge in [-0.3, -0.25) is 4.79 Å². The zero-order chi connectivity index (χ0) is 23.0. The molecule has 4 aromatic rings. The average Bonchev–Trinajstić information content (AvgIpc) is 3.39. The van der Waals surface area contributed by atoms with Crippen LogP contribution in [0.3, 0.4) is 0 Å². The maximum absolute atomic E-state index is 12.6. The van der Waals surface area contributed by atoms with Crippen molar-refractivity contribution in [1.82, 2.24) is 40.4 Å². The Morgan fingerprint density at radius 2 is 2.03 bits per heavy atom. The lowest BCUT2D eigenvalue weighted by molar-refractivity contribution is 0.0928. The fourth-order valence-corrected chi connectivity index (χ4v) is 3.15. The minimum atomic E-state index is -0.516. The zero-order valence-corrected chi connectivity index (χ0v) is 18.9. The molecule has 4 aromatic heterocycles. The van der Waals surface area contributed by atoms with Gasteiger partial charge in [0, 0.05) is 11.5 Å². The SMILES string of the molecule is COc1ncnc(C(=O)NC(C)c2cc(-c3nc4nc(C(C)(C)C)ncc4[nH]3)no2)c1Cl. The van der Waals surface area contributed by atoms with Gasteiger partial charge in [0.15, 0.2) is 22.9 Å². The van der Waals surface area contributed by atoms with Crippen LogP contribution in [0.2, 0.25) is 5.02 Å². The molecule has 0 bridgehead atoms. The molecule has 0 spiro atoms. The predicted octanol–water partition coefficient (Wildman–Crippen LogP) is 3.25. The minimum absolute atomic E-state index is 0.00406. The van der Waals surface area contributed by atoms with E-state index in [1.54, 1.807) is 19.2 Å². The number of H-pyrrole nitrogens is 1. The summed E-state index contributed by atoms with van der Waals surface area (Å²) in [6.45, 7) is 7.85. The number of carbonyl (C=O) groups is 1. The summed E-state index contributed by atoms with van der Waals surface area (Å²) in [7, 11) is 1.40. The number of aromatic amines is 1. The first-order chi connectivity index (χ1) is 15.2. The molecular formula is C20H21ClN8O3. The quantitative estimate of drug-likeness (QED) is 0.462. The van der Waals surface area contributed by atoms with E-state index >= 15 is 0 Å². The molecule has 4 heterocycles. The summed E-state index contributed by atoms with van der Waals surface area (Å²) in [5.74, 6) is 1.21. The van der Waals surface area contributed by atoms with Gasteiger partial charge in [0.25, 0.3) is 5.91 Å². The van der Waals surface area contributed by atoms with Gasteiger partial charge in [-0.1, -0.05) is 37.5 Å². The molecule has 0 saturated carbocycles. The zero-order valence-electron chi connectivity index (χ0n) is 18.1. The summed E-state index contributed by atoms with van der Waals surface area (Å²) >= 11 is 6.13. The Balaban J connectivity index is 1.54. The molecule has 4 rings (SSSR count). The number of fused-ring (bicyclic) bond motifs is 1. The minimum Gasteiger partial charge on any atom is -0.480 e. The van der Waals surface area contributed by atoms with Crippen LogP contribution in [-0.2, 0) is 5.41 Å². The highest BCUT2D eigenvalue weighted by Gasteiger charge is 2.23. The van der Waals surface area contributed by atoms with Crippen molar-refractivity contribution >= 4 is 28.7 Å². The molecule has 1 amide bonds. The van der Waals surface area contributed by atoms with E-state index in [1.807, 2.05) is 20.8 Å². The van der Waals surface area contributed by atoms with Crippen molar-refractivity contribution in [2.45, 2.75) is 39.2 Å². The molecule has 0 radical (unpaired) electrons. The Bertz CT molecular complexity index is 1290. The number of amides is 1. The number of rotatable bonds is 5. The van der Waals surface area contributed by atoms with Crippen LogP contribution in [0.5, 0.6) is 5.88 Å². The third-order valence-electron chi connectivity index (χ3n) is 4.62. The monoisotopic (exact) mass is 456 g/mol. The number of nitrogens with zero attached hydrogens (tertiary/aromatic N) is 6. The van der Waals surface area contributed by atoms with Gasteiger partial charge in [-0.2, -0.15) is 0 Å². The first kappa shape index (κ1) is 21.6. The van der Waals surface area contributed by atoms with Crippen LogP contribution in [0.4, 0.5) is 0 Å². The Labute approximate surface area is 188 Å². The maximum Gasteiger partial charge on any atom is 0.272 e. The molecule has 0 aromatic carbocycles. The molecule has 1 unspecified atom stereocenters. The Morgan fingerprint density at radius 1 is 1.25 bits per heavy atom. The van der Waals surface area contributed by atoms with Crippen LogP contribution in [0.1, 0.15) is 55.8 Å². The molecular weight excluding hydrogens is 436 g/mol. The van der Waals surface area contributed by atoms with Crippen molar-refractivity contribution in [2.24, 2.45) is 0 Å². The molecule has 166 valence electrons. The van der Waals surface area contributed by atoms with Crippen LogP contribution in [-0.4, -0.2) is 48.1 Å². The second-order valence-corrected chi connectivity index (χ2v) is 8.50. The molecule has 0 saturated heterocycles. The smallest absolute Gasteiger partial charge is 0.272 e. The van der Waals surface area contributed by atoms with Gasteiger partial charge in [-0.15, -0.1) is 0 Å². The van der Waals surface area contributed by atoms with Crippen molar-refractivity contribution in [3.05, 3.63) is 40.9 Å². The molecule has 0 aliphatic carbocycles. The Kier molecular flexibility index (Phi) is 5.51. The molecule has 0 aliphatic heterocycles. The molecule has 2 N–H and O–H groups in total. The number of hydrogen-bond acceptors (Lipinski definition) is 9. The van der Waals surface area contributed by atoms with Gasteiger partial charge < -0.3 is 19.6 Å². The number of methoxy groups -OCH3 is 1. The Hall–Kier alpha value is -3.60. The second kappa shape index (κ2) is 8.15. The summed E-state index contributed by atoms with van der Waals surface area (Å²) in [6, 6.07) is 1.17. The number of aromatic nitrogens is 7. The third-order valence-corrected chi connectivity index (χ3v) is 4.96. The van der Waals surface area contributed by atoms with E-state index in [1.165, 1.54) is 13.4 Å². The van der Waals surface area contributed by atoms with E-state index in [2.05, 4.69) is 40.4 Å². The van der Waals surface area contributed by atoms with E-state index in [0.29, 0.717) is 34.3 Å². The van der Waals surface area contributed by atoms with Crippen LogP contribution in [0, 0.1) is 0 Å². The van der Waals surface area contributed by atoms with Crippen LogP contribution in [0.25, 0.3) is 22.7 Å². The third kappa shape index (κ3) is 4.11. The van der Waals surface area contributed by atoms with E-state index < -0.39 is 11.9 Å². The highest BCUT2D eigenvalue weighted by Crippen LogP contribution is 2.26. The van der Waals surface area contributed by atoms with Crippen molar-refractivity contribution in [3.8, 4) is 17.4 Å². The molecule has 0 fully saturated rings. The Morgan fingerprint density at radius 3 is 2.75 bits per heavy atom. The maximum atomic E-state index is 12.6. The number of ether oxygens (including phenoxy) is 1. The first-order valence-electron chi connectivity index (χ1n) is 9.73. The van der Waals surface area contributed by atoms with Crippen LogP contribution < -0.4 is 10.1 Å². The standard InChI is InChI=1S/C20H21ClN8O3/c1-9(25-17(30)14-13(21)18(31-5)24-8-23-14)12-6-10(29-32-12)15-26-11-7-22-19(20(2,3)4)28-16(11)27-15/h6-9H,1-5H3,(H,25,30)(H,22,26,27,28). The topological polar surface area (TPSA) is 145 Å². The van der Waals surface area contributed by atoms with Gasteiger partial charge in [0.1, 0.15) is 28.4 Å². The van der Waals surface area contributed by atoms with Gasteiger partial charge in [-0.25, -0.2) is 24.9 Å². The predicted molar refractivity (Wildman–Crippen MR) is 115 cm³/mol. The van der Waals surface area contributed by atoms with Crippen molar-refractivity contribution in [1.29, 1.82) is 0 Å². The molecule has 11 nitrogen and oxygen atoms in total. The van der Waals surface area contributed by atoms with Crippen molar-refractivity contribution < 1.29 is 14.1 Å². The average molecular weight is 457 g/mol. The van der Waals surface area contributed by atoms with Crippen molar-refractivity contribution in [3.63, 3.8) is 0 Å². The van der Waals surface area contributed by atoms with Crippen LogP contribution >= 0.6 is 11.6 Å². The fraction of sp³-hybridized carbons (Fsp3) is 0.350. The lowest BCUT2D eigenvalue weighted by Crippen LogP contribution is -2.27. The highest BCUT2D eigenvalue weighted by molar-refractivity contribution is 6.34. The van der Waals surface area contributed by atoms with E-state index in [-0.39, 0.29) is 22.0 Å². The highest BCUT2D eigenvalue weighted by atomic mass is 35.5. The molecule has 32 heavy (non-hydrogen) atoms. The summed E-state index contributed by atoms with van der Waals surface area (Å²) in [5.41, 5.74) is 1.50. The summed E-state index contributed by atoms with van der Waals surface area (Å²) < 4.78 is 10.4. The van der Waals surface area contributed by atoms with E-state index in [4.69, 9.17) is 20.9 Å². The molecule has 12 heteroatoms. The van der Waals surface area contributed by atoms with Crippen LogP contribution in [0.15, 0.2) is 23.1 Å². The lowest BCUT2D eigenvalue weighted by Gasteiger charge is -2.15. The summed E-state index contributed by atoms with van der Waals surface area (Å²) in [5, 5.41) is 6.85. The first-order valence-corrected chi connectivity index (χ1v) is 10.1. The van der Waals surface area contributed by atoms with Gasteiger partial charge in [-0.05, 0) is 6.92 Å². The van der Waals surface area contributed by atoms with E-state index in [9.17, 15) is 4.79 Å². The number of halogens is 1. The number of carbonyl (C=O) groups excluding carboxylic acids is 1. The number of imidazole rings is 1. The number of hydrogen-bond donors (Lipinski definition) is 2. The van der Waals surface area contributed by atoms with Crippen molar-refractivity contribution in [2.75, 3.05) is 7.11 Å². The molecule has 1 atom stereocenters. The van der Waals surface area contributed by atoms with E-state index in [0.717, 1.165) is 0 Å². The number of nitrogens with one attached hydrogen (secondary N) is 2. The molecule has 0 aliphatic rings. The fourth-order valence-electron chi connectivity index (χ4n) is 2.89. The lowest BCUT2D eigenvalue weighted by atomic mass is 9.96. The second-order valence-electron chi connectivity index (χ2n) is 8.12.